The second-order valence-corrected chi connectivity index (χ2v) is 8.15. The molecular formula is C23H38N2O8. The molecule has 0 aliphatic heterocycles. The second kappa shape index (κ2) is 16.6. The number of esters is 2. The maximum atomic E-state index is 11.7. The summed E-state index contributed by atoms with van der Waals surface area (Å²) in [6, 6.07) is 0. The highest BCUT2D eigenvalue weighted by molar-refractivity contribution is 5.87. The van der Waals surface area contributed by atoms with Crippen molar-refractivity contribution in [3.05, 3.63) is 24.3 Å². The van der Waals surface area contributed by atoms with Crippen molar-refractivity contribution in [3.8, 4) is 0 Å². The Kier molecular flexibility index (Phi) is 15.0. The lowest BCUT2D eigenvalue weighted by atomic mass is 9.85. The summed E-state index contributed by atoms with van der Waals surface area (Å²) in [7, 11) is 0. The van der Waals surface area contributed by atoms with Gasteiger partial charge < -0.3 is 30.3 Å². The molecule has 0 aromatic rings. The van der Waals surface area contributed by atoms with Crippen LogP contribution in [0.5, 0.6) is 0 Å². The van der Waals surface area contributed by atoms with Gasteiger partial charge in [-0.1, -0.05) is 45.3 Å². The highest BCUT2D eigenvalue weighted by Crippen LogP contribution is 2.25. The molecule has 33 heavy (non-hydrogen) atoms. The minimum absolute atomic E-state index is 0.00299. The van der Waals surface area contributed by atoms with Crippen molar-refractivity contribution in [2.45, 2.75) is 77.2 Å². The van der Waals surface area contributed by atoms with Crippen molar-refractivity contribution in [1.82, 2.24) is 10.6 Å². The summed E-state index contributed by atoms with van der Waals surface area (Å²) in [5.74, 6) is -1.10. The number of carbonyl (C=O) groups is 4. The molecule has 0 aliphatic carbocycles. The van der Waals surface area contributed by atoms with Gasteiger partial charge in [-0.25, -0.2) is 19.2 Å². The molecule has 0 aromatic carbocycles. The Morgan fingerprint density at radius 3 is 1.61 bits per heavy atom. The van der Waals surface area contributed by atoms with Gasteiger partial charge in [0.05, 0.1) is 13.2 Å². The first kappa shape index (κ1) is 30.0. The summed E-state index contributed by atoms with van der Waals surface area (Å²) >= 11 is 0. The van der Waals surface area contributed by atoms with Crippen molar-refractivity contribution in [3.63, 3.8) is 0 Å². The Balaban J connectivity index is 4.83. The van der Waals surface area contributed by atoms with E-state index in [4.69, 9.17) is 14.6 Å². The monoisotopic (exact) mass is 470 g/mol. The van der Waals surface area contributed by atoms with E-state index in [1.165, 1.54) is 13.8 Å². The van der Waals surface area contributed by atoms with E-state index in [0.29, 0.717) is 13.0 Å². The summed E-state index contributed by atoms with van der Waals surface area (Å²) in [5, 5.41) is 22.8. The fourth-order valence-corrected chi connectivity index (χ4v) is 3.20. The quantitative estimate of drug-likeness (QED) is 0.133. The third-order valence-corrected chi connectivity index (χ3v) is 5.05. The van der Waals surface area contributed by atoms with E-state index in [-0.39, 0.29) is 37.2 Å². The molecule has 188 valence electrons. The number of hydrogen-bond donors (Lipinski definition) is 4. The van der Waals surface area contributed by atoms with Crippen LogP contribution in [0.4, 0.5) is 9.59 Å². The van der Waals surface area contributed by atoms with E-state index in [1.807, 2.05) is 0 Å². The van der Waals surface area contributed by atoms with E-state index in [0.717, 1.165) is 38.5 Å². The Hall–Kier alpha value is -3.04. The summed E-state index contributed by atoms with van der Waals surface area (Å²) in [4.78, 5) is 45.3. The van der Waals surface area contributed by atoms with E-state index in [9.17, 15) is 24.3 Å². The van der Waals surface area contributed by atoms with Crippen LogP contribution in [0.2, 0.25) is 0 Å². The molecule has 0 rings (SSSR count). The predicted octanol–water partition coefficient (Wildman–Crippen LogP) is 4.01. The van der Waals surface area contributed by atoms with E-state index >= 15 is 0 Å². The number of nitrogens with one attached hydrogen (secondary N) is 2. The number of rotatable bonds is 18. The number of amides is 2. The minimum Gasteiger partial charge on any atom is -0.465 e. The zero-order chi connectivity index (χ0) is 25.3. The molecule has 10 heteroatoms. The van der Waals surface area contributed by atoms with Crippen LogP contribution in [0, 0.1) is 0 Å². The van der Waals surface area contributed by atoms with Gasteiger partial charge in [0.25, 0.3) is 0 Å². The van der Waals surface area contributed by atoms with Gasteiger partial charge in [0.15, 0.2) is 0 Å². The topological polar surface area (TPSA) is 151 Å². The molecule has 0 radical (unpaired) electrons. The number of ether oxygens (including phenoxy) is 2. The number of hydrogen-bond acceptors (Lipinski definition) is 6. The molecule has 0 bridgehead atoms. The number of carbonyl (C=O) groups excluding carboxylic acids is 2. The van der Waals surface area contributed by atoms with Crippen LogP contribution in [0.15, 0.2) is 24.3 Å². The first-order valence-electron chi connectivity index (χ1n) is 11.1. The molecule has 0 unspecified atom stereocenters. The Morgan fingerprint density at radius 1 is 0.727 bits per heavy atom. The first-order valence-corrected chi connectivity index (χ1v) is 11.1. The third kappa shape index (κ3) is 15.4. The maximum Gasteiger partial charge on any atom is 0.405 e. The van der Waals surface area contributed by atoms with Gasteiger partial charge in [-0.3, -0.25) is 0 Å². The van der Waals surface area contributed by atoms with Crippen molar-refractivity contribution in [2.24, 2.45) is 0 Å². The zero-order valence-electron chi connectivity index (χ0n) is 19.7. The van der Waals surface area contributed by atoms with Gasteiger partial charge >= 0.3 is 24.1 Å². The van der Waals surface area contributed by atoms with Crippen LogP contribution in [-0.2, 0) is 19.1 Å². The fourth-order valence-electron chi connectivity index (χ4n) is 3.20. The van der Waals surface area contributed by atoms with Crippen LogP contribution < -0.4 is 10.6 Å². The van der Waals surface area contributed by atoms with Gasteiger partial charge in [0.2, 0.25) is 0 Å². The molecule has 0 atom stereocenters. The summed E-state index contributed by atoms with van der Waals surface area (Å²) < 4.78 is 10.3. The SMILES string of the molecule is C=C(C)C(=O)OCCC(CCCCCCCCNC(=O)O)(CCOC(=O)C(=C)C)NC(=O)O. The molecule has 0 heterocycles. The van der Waals surface area contributed by atoms with E-state index in [1.54, 1.807) is 0 Å². The lowest BCUT2D eigenvalue weighted by molar-refractivity contribution is -0.139. The summed E-state index contributed by atoms with van der Waals surface area (Å²) in [5.41, 5.74) is -0.427. The average molecular weight is 471 g/mol. The summed E-state index contributed by atoms with van der Waals surface area (Å²) in [6.07, 6.45) is 3.79. The fraction of sp³-hybridized carbons (Fsp3) is 0.652. The van der Waals surface area contributed by atoms with Gasteiger partial charge in [0, 0.05) is 36.1 Å². The molecule has 0 saturated heterocycles. The smallest absolute Gasteiger partial charge is 0.405 e. The van der Waals surface area contributed by atoms with E-state index < -0.39 is 29.7 Å². The van der Waals surface area contributed by atoms with Gasteiger partial charge in [-0.05, 0) is 26.7 Å². The molecule has 10 nitrogen and oxygen atoms in total. The molecule has 0 aliphatic rings. The Morgan fingerprint density at radius 2 is 1.18 bits per heavy atom. The highest BCUT2D eigenvalue weighted by Gasteiger charge is 2.32. The molecule has 4 N–H and O–H groups in total. The first-order chi connectivity index (χ1) is 15.5. The Labute approximate surface area is 195 Å². The highest BCUT2D eigenvalue weighted by atomic mass is 16.5. The standard InChI is InChI=1S/C23H38N2O8/c1-17(2)19(26)32-15-12-23(25-22(30)31,13-16-33-20(27)18(3)4)11-9-7-5-6-8-10-14-24-21(28)29/h24-25H,1,3,5-16H2,2,4H3,(H,28,29)(H,30,31). The molecule has 0 aromatic heterocycles. The molecule has 0 fully saturated rings. The number of carboxylic acid groups (broad SMARTS) is 2. The molecule has 0 saturated carbocycles. The predicted molar refractivity (Wildman–Crippen MR) is 123 cm³/mol. The zero-order valence-corrected chi connectivity index (χ0v) is 19.7. The van der Waals surface area contributed by atoms with Crippen molar-refractivity contribution >= 4 is 24.1 Å². The third-order valence-electron chi connectivity index (χ3n) is 5.05. The average Bonchev–Trinajstić information content (AvgIpc) is 2.71. The van der Waals surface area contributed by atoms with Crippen molar-refractivity contribution < 1.29 is 38.9 Å². The van der Waals surface area contributed by atoms with Crippen molar-refractivity contribution in [1.29, 1.82) is 0 Å². The second-order valence-electron chi connectivity index (χ2n) is 8.15. The maximum absolute atomic E-state index is 11.7. The van der Waals surface area contributed by atoms with Crippen LogP contribution in [-0.4, -0.2) is 59.6 Å². The van der Waals surface area contributed by atoms with Gasteiger partial charge in [-0.2, -0.15) is 0 Å². The molecule has 2 amide bonds. The Bertz CT molecular complexity index is 658. The van der Waals surface area contributed by atoms with Gasteiger partial charge in [-0.15, -0.1) is 0 Å². The summed E-state index contributed by atoms with van der Waals surface area (Å²) in [6.45, 7) is 10.5. The molecule has 0 spiro atoms. The lowest BCUT2D eigenvalue weighted by Crippen LogP contribution is -2.49. The number of unbranched alkanes of at least 4 members (excludes halogenated alkanes) is 5. The normalized spacial score (nSPS) is 10.7. The molecular weight excluding hydrogens is 432 g/mol. The van der Waals surface area contributed by atoms with Gasteiger partial charge in [0.1, 0.15) is 0 Å². The largest absolute Gasteiger partial charge is 0.465 e. The van der Waals surface area contributed by atoms with Crippen LogP contribution in [0.25, 0.3) is 0 Å². The van der Waals surface area contributed by atoms with Crippen LogP contribution in [0.3, 0.4) is 0 Å². The van der Waals surface area contributed by atoms with E-state index in [2.05, 4.69) is 23.8 Å². The minimum atomic E-state index is -1.21. The van der Waals surface area contributed by atoms with Crippen molar-refractivity contribution in [2.75, 3.05) is 19.8 Å². The van der Waals surface area contributed by atoms with Crippen LogP contribution >= 0.6 is 0 Å². The lowest BCUT2D eigenvalue weighted by Gasteiger charge is -2.34. The van der Waals surface area contributed by atoms with Crippen LogP contribution in [0.1, 0.15) is 71.6 Å².